The highest BCUT2D eigenvalue weighted by atomic mass is 16.2. The molecule has 13 heavy (non-hydrogen) atoms. The van der Waals surface area contributed by atoms with Gasteiger partial charge >= 0.3 is 0 Å². The van der Waals surface area contributed by atoms with E-state index in [2.05, 4.69) is 0 Å². The minimum Gasteiger partial charge on any atom is -0.342 e. The lowest BCUT2D eigenvalue weighted by molar-refractivity contribution is -0.130. The molecule has 0 aliphatic carbocycles. The van der Waals surface area contributed by atoms with Crippen molar-refractivity contribution in [2.45, 2.75) is 13.3 Å². The Morgan fingerprint density at radius 1 is 1.15 bits per heavy atom. The molecule has 2 rings (SSSR count). The highest BCUT2D eigenvalue weighted by Gasteiger charge is 2.35. The molecule has 2 amide bonds. The summed E-state index contributed by atoms with van der Waals surface area (Å²) in [6.45, 7) is 4.76. The molecule has 0 aromatic heterocycles. The van der Waals surface area contributed by atoms with Gasteiger partial charge in [-0.05, 0) is 6.42 Å². The summed E-state index contributed by atoms with van der Waals surface area (Å²) in [5.41, 5.74) is 0. The van der Waals surface area contributed by atoms with E-state index in [9.17, 15) is 9.59 Å². The van der Waals surface area contributed by atoms with E-state index in [1.165, 1.54) is 0 Å². The van der Waals surface area contributed by atoms with E-state index in [0.29, 0.717) is 6.54 Å². The maximum atomic E-state index is 11.6. The molecule has 0 aromatic carbocycles. The van der Waals surface area contributed by atoms with Gasteiger partial charge in [0.2, 0.25) is 11.8 Å². The van der Waals surface area contributed by atoms with Crippen molar-refractivity contribution in [3.63, 3.8) is 0 Å². The number of nitrogens with zero attached hydrogens (tertiary/aromatic N) is 2. The van der Waals surface area contributed by atoms with Gasteiger partial charge in [-0.2, -0.15) is 0 Å². The van der Waals surface area contributed by atoms with Crippen LogP contribution in [0.15, 0.2) is 0 Å². The Kier molecular flexibility index (Phi) is 1.98. The molecule has 2 aliphatic rings. The fourth-order valence-electron chi connectivity index (χ4n) is 1.78. The van der Waals surface area contributed by atoms with Crippen LogP contribution in [-0.2, 0) is 9.59 Å². The van der Waals surface area contributed by atoms with E-state index in [1.807, 2.05) is 4.90 Å². The van der Waals surface area contributed by atoms with Gasteiger partial charge in [-0.3, -0.25) is 9.59 Å². The summed E-state index contributed by atoms with van der Waals surface area (Å²) in [5.74, 6) is 0.399. The molecule has 4 nitrogen and oxygen atoms in total. The zero-order valence-corrected chi connectivity index (χ0v) is 7.82. The number of rotatable bonds is 1. The van der Waals surface area contributed by atoms with Crippen molar-refractivity contribution in [2.75, 3.05) is 26.2 Å². The van der Waals surface area contributed by atoms with E-state index >= 15 is 0 Å². The fraction of sp³-hybridized carbons (Fsp3) is 0.778. The Bertz CT molecular complexity index is 248. The number of amides is 2. The van der Waals surface area contributed by atoms with E-state index < -0.39 is 0 Å². The normalized spacial score (nSPS) is 26.4. The third-order valence-corrected chi connectivity index (χ3v) is 2.74. The molecule has 0 bridgehead atoms. The van der Waals surface area contributed by atoms with Crippen LogP contribution in [0.3, 0.4) is 0 Å². The Hall–Kier alpha value is -1.06. The Morgan fingerprint density at radius 2 is 1.85 bits per heavy atom. The van der Waals surface area contributed by atoms with Gasteiger partial charge in [0.25, 0.3) is 0 Å². The van der Waals surface area contributed by atoms with Crippen molar-refractivity contribution in [2.24, 2.45) is 5.92 Å². The van der Waals surface area contributed by atoms with Crippen LogP contribution in [0.4, 0.5) is 0 Å². The van der Waals surface area contributed by atoms with Crippen molar-refractivity contribution in [1.29, 1.82) is 0 Å². The van der Waals surface area contributed by atoms with Crippen LogP contribution in [-0.4, -0.2) is 47.8 Å². The molecule has 0 aromatic rings. The lowest BCUT2D eigenvalue weighted by Gasteiger charge is -2.13. The highest BCUT2D eigenvalue weighted by molar-refractivity contribution is 5.82. The smallest absolute Gasteiger partial charge is 0.227 e. The van der Waals surface area contributed by atoms with Gasteiger partial charge in [0.1, 0.15) is 0 Å². The first-order valence-electron chi connectivity index (χ1n) is 4.73. The monoisotopic (exact) mass is 182 g/mol. The summed E-state index contributed by atoms with van der Waals surface area (Å²) in [5, 5.41) is 0. The van der Waals surface area contributed by atoms with E-state index in [0.717, 1.165) is 26.1 Å². The average Bonchev–Trinajstić information content (AvgIpc) is 2.81. The molecular weight excluding hydrogens is 168 g/mol. The topological polar surface area (TPSA) is 40.4 Å². The van der Waals surface area contributed by atoms with Gasteiger partial charge in [0.15, 0.2) is 0 Å². The largest absolute Gasteiger partial charge is 0.342 e. The van der Waals surface area contributed by atoms with Gasteiger partial charge in [0, 0.05) is 33.1 Å². The lowest BCUT2D eigenvalue weighted by Crippen LogP contribution is -2.29. The summed E-state index contributed by atoms with van der Waals surface area (Å²) in [4.78, 5) is 26.2. The number of carbonyl (C=O) groups excluding carboxylic acids is 2. The van der Waals surface area contributed by atoms with Crippen molar-refractivity contribution in [3.8, 4) is 0 Å². The SMILES string of the molecule is CC(=O)N1CCC(C(=O)N2CC2)C1. The molecule has 0 radical (unpaired) electrons. The molecule has 1 atom stereocenters. The summed E-state index contributed by atoms with van der Waals surface area (Å²) in [6.07, 6.45) is 0.842. The maximum Gasteiger partial charge on any atom is 0.227 e. The molecule has 2 fully saturated rings. The molecule has 2 heterocycles. The predicted octanol–water partition coefficient (Wildman–Crippen LogP) is -0.303. The highest BCUT2D eigenvalue weighted by Crippen LogP contribution is 2.21. The molecule has 0 N–H and O–H groups in total. The first-order valence-corrected chi connectivity index (χ1v) is 4.73. The maximum absolute atomic E-state index is 11.6. The molecule has 0 spiro atoms. The lowest BCUT2D eigenvalue weighted by atomic mass is 10.1. The first-order chi connectivity index (χ1) is 6.18. The molecule has 0 saturated carbocycles. The van der Waals surface area contributed by atoms with Gasteiger partial charge in [-0.1, -0.05) is 0 Å². The summed E-state index contributed by atoms with van der Waals surface area (Å²) < 4.78 is 0. The minimum atomic E-state index is 0.0754. The number of hydrogen-bond acceptors (Lipinski definition) is 2. The Balaban J connectivity index is 1.90. The van der Waals surface area contributed by atoms with E-state index in [-0.39, 0.29) is 17.7 Å². The Morgan fingerprint density at radius 3 is 2.31 bits per heavy atom. The van der Waals surface area contributed by atoms with Gasteiger partial charge in [-0.25, -0.2) is 0 Å². The third-order valence-electron chi connectivity index (χ3n) is 2.74. The second kappa shape index (κ2) is 3.01. The average molecular weight is 182 g/mol. The first kappa shape index (κ1) is 8.53. The van der Waals surface area contributed by atoms with Crippen LogP contribution in [0.2, 0.25) is 0 Å². The number of hydrogen-bond donors (Lipinski definition) is 0. The summed E-state index contributed by atoms with van der Waals surface area (Å²) >= 11 is 0. The predicted molar refractivity (Wildman–Crippen MR) is 46.9 cm³/mol. The summed E-state index contributed by atoms with van der Waals surface area (Å²) in [7, 11) is 0. The zero-order valence-electron chi connectivity index (χ0n) is 7.82. The van der Waals surface area contributed by atoms with E-state index in [4.69, 9.17) is 0 Å². The van der Waals surface area contributed by atoms with Gasteiger partial charge in [-0.15, -0.1) is 0 Å². The quantitative estimate of drug-likeness (QED) is 0.522. The van der Waals surface area contributed by atoms with Crippen molar-refractivity contribution in [3.05, 3.63) is 0 Å². The van der Waals surface area contributed by atoms with Crippen molar-refractivity contribution >= 4 is 11.8 Å². The second-order valence-corrected chi connectivity index (χ2v) is 3.78. The van der Waals surface area contributed by atoms with Crippen LogP contribution >= 0.6 is 0 Å². The fourth-order valence-corrected chi connectivity index (χ4v) is 1.78. The van der Waals surface area contributed by atoms with Crippen molar-refractivity contribution in [1.82, 2.24) is 9.80 Å². The molecular formula is C9H14N2O2. The molecule has 4 heteroatoms. The van der Waals surface area contributed by atoms with Crippen molar-refractivity contribution < 1.29 is 9.59 Å². The Labute approximate surface area is 77.5 Å². The second-order valence-electron chi connectivity index (χ2n) is 3.78. The molecule has 72 valence electrons. The third kappa shape index (κ3) is 1.66. The van der Waals surface area contributed by atoms with Crippen LogP contribution in [0.5, 0.6) is 0 Å². The molecule has 1 unspecified atom stereocenters. The number of carbonyl (C=O) groups is 2. The minimum absolute atomic E-state index is 0.0754. The van der Waals surface area contributed by atoms with Gasteiger partial charge in [0.05, 0.1) is 5.92 Å². The van der Waals surface area contributed by atoms with Crippen LogP contribution < -0.4 is 0 Å². The molecule has 2 aliphatic heterocycles. The van der Waals surface area contributed by atoms with Crippen LogP contribution in [0.25, 0.3) is 0 Å². The summed E-state index contributed by atoms with van der Waals surface area (Å²) in [6, 6.07) is 0. The van der Waals surface area contributed by atoms with Crippen LogP contribution in [0, 0.1) is 5.92 Å². The van der Waals surface area contributed by atoms with E-state index in [1.54, 1.807) is 11.8 Å². The standard InChI is InChI=1S/C9H14N2O2/c1-7(12)11-3-2-8(6-11)9(13)10-4-5-10/h8H,2-6H2,1H3. The van der Waals surface area contributed by atoms with Crippen LogP contribution in [0.1, 0.15) is 13.3 Å². The zero-order chi connectivity index (χ0) is 9.42. The van der Waals surface area contributed by atoms with Gasteiger partial charge < -0.3 is 9.80 Å². The molecule has 2 saturated heterocycles. The number of likely N-dealkylation sites (tertiary alicyclic amines) is 1.